The Kier molecular flexibility index (Phi) is 1.89. The number of carbonyl (C=O) groups excluding carboxylic acids is 1. The fourth-order valence-electron chi connectivity index (χ4n) is 1.51. The Balaban J connectivity index is 2.07. The molecule has 0 atom stereocenters. The average molecular weight is 197 g/mol. The monoisotopic (exact) mass is 197 g/mol. The normalized spacial score (nSPS) is 19.7. The molecule has 0 unspecified atom stereocenters. The van der Waals surface area contributed by atoms with Crippen LogP contribution in [-0.2, 0) is 0 Å². The Morgan fingerprint density at radius 3 is 2.77 bits per heavy atom. The molecular weight excluding hydrogens is 186 g/mol. The molecule has 1 aliphatic heterocycles. The Morgan fingerprint density at radius 2 is 2.31 bits per heavy atom. The molecular formula is C9H11NO2S. The highest BCUT2D eigenvalue weighted by atomic mass is 32.1. The highest BCUT2D eigenvalue weighted by Gasteiger charge is 2.37. The molecule has 0 radical (unpaired) electrons. The first-order chi connectivity index (χ1) is 6.11. The van der Waals surface area contributed by atoms with E-state index >= 15 is 0 Å². The van der Waals surface area contributed by atoms with Gasteiger partial charge in [-0.2, -0.15) is 0 Å². The summed E-state index contributed by atoms with van der Waals surface area (Å²) < 4.78 is 0. The number of hydrogen-bond donors (Lipinski definition) is 1. The number of nitrogens with zero attached hydrogens (tertiary/aromatic N) is 1. The van der Waals surface area contributed by atoms with E-state index in [-0.39, 0.29) is 0 Å². The van der Waals surface area contributed by atoms with Crippen LogP contribution < -0.4 is 4.90 Å². The van der Waals surface area contributed by atoms with Gasteiger partial charge in [0.15, 0.2) is 6.29 Å². The van der Waals surface area contributed by atoms with Crippen LogP contribution >= 0.6 is 11.3 Å². The molecule has 0 aromatic carbocycles. The van der Waals surface area contributed by atoms with Gasteiger partial charge in [0, 0.05) is 13.1 Å². The van der Waals surface area contributed by atoms with Crippen LogP contribution in [0.15, 0.2) is 12.1 Å². The SMILES string of the molecule is CC1(O)CN(c2ccc(C=O)s2)C1. The molecule has 3 nitrogen and oxygen atoms in total. The number of hydrogen-bond acceptors (Lipinski definition) is 4. The second kappa shape index (κ2) is 2.82. The second-order valence-corrected chi connectivity index (χ2v) is 4.74. The minimum atomic E-state index is -0.550. The van der Waals surface area contributed by atoms with Crippen molar-refractivity contribution in [3.05, 3.63) is 17.0 Å². The minimum absolute atomic E-state index is 0.550. The Morgan fingerprint density at radius 1 is 1.62 bits per heavy atom. The topological polar surface area (TPSA) is 40.5 Å². The summed E-state index contributed by atoms with van der Waals surface area (Å²) in [6.07, 6.45) is 0.853. The molecule has 4 heteroatoms. The van der Waals surface area contributed by atoms with Gasteiger partial charge < -0.3 is 10.0 Å². The molecule has 1 N–H and O–H groups in total. The van der Waals surface area contributed by atoms with E-state index in [0.717, 1.165) is 16.2 Å². The summed E-state index contributed by atoms with van der Waals surface area (Å²) in [5, 5.41) is 10.6. The van der Waals surface area contributed by atoms with Gasteiger partial charge in [-0.1, -0.05) is 0 Å². The predicted molar refractivity (Wildman–Crippen MR) is 52.5 cm³/mol. The van der Waals surface area contributed by atoms with Gasteiger partial charge in [-0.3, -0.25) is 4.79 Å². The highest BCUT2D eigenvalue weighted by Crippen LogP contribution is 2.32. The first kappa shape index (κ1) is 8.72. The van der Waals surface area contributed by atoms with E-state index in [9.17, 15) is 9.90 Å². The molecule has 1 aliphatic rings. The molecule has 70 valence electrons. The highest BCUT2D eigenvalue weighted by molar-refractivity contribution is 7.17. The van der Waals surface area contributed by atoms with E-state index in [1.54, 1.807) is 6.07 Å². The molecule has 0 aliphatic carbocycles. The number of anilines is 1. The number of aldehydes is 1. The van der Waals surface area contributed by atoms with Crippen LogP contribution in [0.3, 0.4) is 0 Å². The lowest BCUT2D eigenvalue weighted by Gasteiger charge is -2.44. The largest absolute Gasteiger partial charge is 0.386 e. The van der Waals surface area contributed by atoms with E-state index in [2.05, 4.69) is 4.90 Å². The fourth-order valence-corrected chi connectivity index (χ4v) is 2.33. The first-order valence-corrected chi connectivity index (χ1v) is 4.95. The zero-order valence-corrected chi connectivity index (χ0v) is 8.17. The summed E-state index contributed by atoms with van der Waals surface area (Å²) in [5.74, 6) is 0. The zero-order valence-electron chi connectivity index (χ0n) is 7.36. The Hall–Kier alpha value is -0.870. The number of carbonyl (C=O) groups is 1. The van der Waals surface area contributed by atoms with Crippen LogP contribution in [-0.4, -0.2) is 30.1 Å². The lowest BCUT2D eigenvalue weighted by atomic mass is 9.98. The van der Waals surface area contributed by atoms with Gasteiger partial charge in [0.2, 0.25) is 0 Å². The molecule has 1 fully saturated rings. The molecule has 1 aromatic heterocycles. The van der Waals surface area contributed by atoms with E-state index in [4.69, 9.17) is 0 Å². The third-order valence-corrected chi connectivity index (χ3v) is 3.17. The molecule has 0 spiro atoms. The van der Waals surface area contributed by atoms with Gasteiger partial charge in [-0.25, -0.2) is 0 Å². The van der Waals surface area contributed by atoms with E-state index in [0.29, 0.717) is 13.1 Å². The third-order valence-electron chi connectivity index (χ3n) is 2.10. The van der Waals surface area contributed by atoms with Crippen molar-refractivity contribution < 1.29 is 9.90 Å². The summed E-state index contributed by atoms with van der Waals surface area (Å²) >= 11 is 1.46. The van der Waals surface area contributed by atoms with E-state index < -0.39 is 5.60 Å². The lowest BCUT2D eigenvalue weighted by Crippen LogP contribution is -2.59. The van der Waals surface area contributed by atoms with Crippen molar-refractivity contribution in [3.63, 3.8) is 0 Å². The quantitative estimate of drug-likeness (QED) is 0.722. The molecule has 1 aromatic rings. The molecule has 1 saturated heterocycles. The van der Waals surface area contributed by atoms with Crippen molar-refractivity contribution in [2.24, 2.45) is 0 Å². The maximum Gasteiger partial charge on any atom is 0.160 e. The van der Waals surface area contributed by atoms with Crippen LogP contribution in [0.2, 0.25) is 0 Å². The minimum Gasteiger partial charge on any atom is -0.386 e. The molecule has 0 saturated carbocycles. The number of thiophene rings is 1. The van der Waals surface area contributed by atoms with Crippen LogP contribution in [0.25, 0.3) is 0 Å². The summed E-state index contributed by atoms with van der Waals surface area (Å²) in [4.78, 5) is 13.2. The van der Waals surface area contributed by atoms with Crippen LogP contribution in [0.5, 0.6) is 0 Å². The molecule has 0 amide bonds. The van der Waals surface area contributed by atoms with Crippen molar-refractivity contribution >= 4 is 22.6 Å². The van der Waals surface area contributed by atoms with Crippen LogP contribution in [0, 0.1) is 0 Å². The Labute approximate surface area is 80.6 Å². The van der Waals surface area contributed by atoms with Gasteiger partial charge in [-0.05, 0) is 19.1 Å². The molecule has 2 heterocycles. The number of aliphatic hydroxyl groups is 1. The van der Waals surface area contributed by atoms with Crippen molar-refractivity contribution in [3.8, 4) is 0 Å². The molecule has 0 bridgehead atoms. The third kappa shape index (κ3) is 1.59. The molecule has 2 rings (SSSR count). The average Bonchev–Trinajstić information content (AvgIpc) is 2.47. The van der Waals surface area contributed by atoms with Gasteiger partial charge >= 0.3 is 0 Å². The number of β-amino-alcohol motifs (C(OH)–C–C–N with tert-alkyl or cyclic N) is 1. The summed E-state index contributed by atoms with van der Waals surface area (Å²) in [6, 6.07) is 3.73. The summed E-state index contributed by atoms with van der Waals surface area (Å²) in [6.45, 7) is 3.13. The smallest absolute Gasteiger partial charge is 0.160 e. The van der Waals surface area contributed by atoms with Crippen molar-refractivity contribution in [2.75, 3.05) is 18.0 Å². The van der Waals surface area contributed by atoms with E-state index in [1.807, 2.05) is 13.0 Å². The van der Waals surface area contributed by atoms with Crippen LogP contribution in [0.4, 0.5) is 5.00 Å². The van der Waals surface area contributed by atoms with E-state index in [1.165, 1.54) is 11.3 Å². The van der Waals surface area contributed by atoms with Gasteiger partial charge in [-0.15, -0.1) is 11.3 Å². The van der Waals surface area contributed by atoms with Gasteiger partial charge in [0.25, 0.3) is 0 Å². The Bertz CT molecular complexity index is 324. The summed E-state index contributed by atoms with van der Waals surface area (Å²) in [7, 11) is 0. The first-order valence-electron chi connectivity index (χ1n) is 4.13. The zero-order chi connectivity index (χ0) is 9.47. The van der Waals surface area contributed by atoms with Crippen molar-refractivity contribution in [1.82, 2.24) is 0 Å². The van der Waals surface area contributed by atoms with Crippen LogP contribution in [0.1, 0.15) is 16.6 Å². The predicted octanol–water partition coefficient (Wildman–Crippen LogP) is 1.13. The number of rotatable bonds is 2. The molecule has 13 heavy (non-hydrogen) atoms. The maximum atomic E-state index is 10.4. The second-order valence-electron chi connectivity index (χ2n) is 3.65. The lowest BCUT2D eigenvalue weighted by molar-refractivity contribution is 0.0315. The standard InChI is InChI=1S/C9H11NO2S/c1-9(12)5-10(6-9)8-3-2-7(4-11)13-8/h2-4,12H,5-6H2,1H3. The van der Waals surface area contributed by atoms with Crippen molar-refractivity contribution in [2.45, 2.75) is 12.5 Å². The van der Waals surface area contributed by atoms with Gasteiger partial charge in [0.05, 0.1) is 15.5 Å². The fraction of sp³-hybridized carbons (Fsp3) is 0.444. The van der Waals surface area contributed by atoms with Gasteiger partial charge in [0.1, 0.15) is 0 Å². The maximum absolute atomic E-state index is 10.4. The summed E-state index contributed by atoms with van der Waals surface area (Å²) in [5.41, 5.74) is -0.550. The van der Waals surface area contributed by atoms with Crippen molar-refractivity contribution in [1.29, 1.82) is 0 Å².